The lowest BCUT2D eigenvalue weighted by molar-refractivity contribution is 0.350. The Labute approximate surface area is 125 Å². The minimum atomic E-state index is -3.80. The topological polar surface area (TPSA) is 66.4 Å². The lowest BCUT2D eigenvalue weighted by Gasteiger charge is -2.21. The Hall–Kier alpha value is -1.42. The molecular formula is C15H20FNO3S. The van der Waals surface area contributed by atoms with Crippen molar-refractivity contribution in [1.29, 1.82) is 0 Å². The zero-order valence-electron chi connectivity index (χ0n) is 12.4. The zero-order chi connectivity index (χ0) is 16.0. The van der Waals surface area contributed by atoms with E-state index in [4.69, 9.17) is 5.11 Å². The third-order valence-corrected chi connectivity index (χ3v) is 4.63. The van der Waals surface area contributed by atoms with Crippen molar-refractivity contribution < 1.29 is 17.9 Å². The maximum atomic E-state index is 13.3. The summed E-state index contributed by atoms with van der Waals surface area (Å²) in [5.41, 5.74) is 0.0372. The highest BCUT2D eigenvalue weighted by molar-refractivity contribution is 7.89. The number of hydrogen-bond acceptors (Lipinski definition) is 3. The minimum Gasteiger partial charge on any atom is -0.384 e. The predicted molar refractivity (Wildman–Crippen MR) is 79.6 cm³/mol. The monoisotopic (exact) mass is 313 g/mol. The van der Waals surface area contributed by atoms with Crippen LogP contribution in [0.5, 0.6) is 0 Å². The number of aliphatic hydroxyl groups is 1. The van der Waals surface area contributed by atoms with E-state index in [1.165, 1.54) is 6.07 Å². The van der Waals surface area contributed by atoms with Crippen molar-refractivity contribution in [3.05, 3.63) is 29.6 Å². The Bertz CT molecular complexity index is 645. The van der Waals surface area contributed by atoms with Crippen LogP contribution < -0.4 is 4.72 Å². The number of rotatable bonds is 5. The van der Waals surface area contributed by atoms with Gasteiger partial charge in [0.15, 0.2) is 0 Å². The highest BCUT2D eigenvalue weighted by Gasteiger charge is 2.23. The van der Waals surface area contributed by atoms with Gasteiger partial charge >= 0.3 is 0 Å². The summed E-state index contributed by atoms with van der Waals surface area (Å²) >= 11 is 0. The van der Waals surface area contributed by atoms with Gasteiger partial charge < -0.3 is 5.11 Å². The Morgan fingerprint density at radius 1 is 1.38 bits per heavy atom. The smallest absolute Gasteiger partial charge is 0.242 e. The number of benzene rings is 1. The first-order chi connectivity index (χ1) is 9.81. The van der Waals surface area contributed by atoms with E-state index in [9.17, 15) is 12.8 Å². The van der Waals surface area contributed by atoms with Crippen LogP contribution in [0.1, 0.15) is 32.8 Å². The van der Waals surface area contributed by atoms with Crippen LogP contribution in [0.2, 0.25) is 0 Å². The first-order valence-corrected chi connectivity index (χ1v) is 8.21. The summed E-state index contributed by atoms with van der Waals surface area (Å²) in [7, 11) is -3.80. The standard InChI is InChI=1S/C15H20FNO3S/c1-4-14(11(2)3)17-21(19,20)15-8-7-13(16)10-12(15)6-5-9-18/h7-8,10-11,14,17-18H,4,9H2,1-3H3. The molecule has 1 unspecified atom stereocenters. The molecule has 2 N–H and O–H groups in total. The summed E-state index contributed by atoms with van der Waals surface area (Å²) in [4.78, 5) is -0.0797. The quantitative estimate of drug-likeness (QED) is 0.816. The molecule has 0 saturated heterocycles. The first-order valence-electron chi connectivity index (χ1n) is 6.73. The fourth-order valence-corrected chi connectivity index (χ4v) is 3.53. The molecule has 1 aromatic rings. The van der Waals surface area contributed by atoms with Crippen molar-refractivity contribution in [1.82, 2.24) is 4.72 Å². The van der Waals surface area contributed by atoms with Gasteiger partial charge in [0.25, 0.3) is 0 Å². The van der Waals surface area contributed by atoms with E-state index in [0.29, 0.717) is 6.42 Å². The van der Waals surface area contributed by atoms with Crippen LogP contribution in [0, 0.1) is 23.6 Å². The van der Waals surface area contributed by atoms with Crippen molar-refractivity contribution in [2.24, 2.45) is 5.92 Å². The fourth-order valence-electron chi connectivity index (χ4n) is 1.92. The molecule has 4 nitrogen and oxygen atoms in total. The highest BCUT2D eigenvalue weighted by atomic mass is 32.2. The molecule has 0 fully saturated rings. The molecule has 0 heterocycles. The zero-order valence-corrected chi connectivity index (χ0v) is 13.2. The van der Waals surface area contributed by atoms with Crippen LogP contribution >= 0.6 is 0 Å². The molecule has 0 radical (unpaired) electrons. The second-order valence-corrected chi connectivity index (χ2v) is 6.66. The molecule has 1 rings (SSSR count). The summed E-state index contributed by atoms with van der Waals surface area (Å²) < 4.78 is 40.8. The van der Waals surface area contributed by atoms with Gasteiger partial charge in [-0.05, 0) is 30.5 Å². The molecule has 1 atom stereocenters. The van der Waals surface area contributed by atoms with Crippen LogP contribution in [-0.2, 0) is 10.0 Å². The van der Waals surface area contributed by atoms with Gasteiger partial charge in [-0.25, -0.2) is 17.5 Å². The van der Waals surface area contributed by atoms with Gasteiger partial charge in [-0.3, -0.25) is 0 Å². The minimum absolute atomic E-state index is 0.0372. The fraction of sp³-hybridized carbons (Fsp3) is 0.467. The first kappa shape index (κ1) is 17.6. The van der Waals surface area contributed by atoms with Gasteiger partial charge in [0, 0.05) is 11.6 Å². The Balaban J connectivity index is 3.25. The molecule has 0 saturated carbocycles. The van der Waals surface area contributed by atoms with Crippen molar-refractivity contribution in [2.75, 3.05) is 6.61 Å². The average Bonchev–Trinajstić information content (AvgIpc) is 2.42. The molecule has 1 aromatic carbocycles. The number of halogens is 1. The van der Waals surface area contributed by atoms with E-state index in [-0.39, 0.29) is 22.4 Å². The van der Waals surface area contributed by atoms with E-state index in [1.807, 2.05) is 20.8 Å². The summed E-state index contributed by atoms with van der Waals surface area (Å²) in [5.74, 6) is 4.37. The lowest BCUT2D eigenvalue weighted by atomic mass is 10.0. The van der Waals surface area contributed by atoms with Gasteiger partial charge in [0.05, 0.1) is 4.90 Å². The van der Waals surface area contributed by atoms with Crippen LogP contribution in [0.4, 0.5) is 4.39 Å². The molecule has 0 aliphatic rings. The second-order valence-electron chi connectivity index (χ2n) is 4.98. The molecule has 0 spiro atoms. The van der Waals surface area contributed by atoms with Crippen molar-refractivity contribution in [2.45, 2.75) is 38.1 Å². The molecule has 0 aromatic heterocycles. The highest BCUT2D eigenvalue weighted by Crippen LogP contribution is 2.18. The lowest BCUT2D eigenvalue weighted by Crippen LogP contribution is -2.38. The molecule has 21 heavy (non-hydrogen) atoms. The van der Waals surface area contributed by atoms with Crippen LogP contribution in [0.15, 0.2) is 23.1 Å². The largest absolute Gasteiger partial charge is 0.384 e. The van der Waals surface area contributed by atoms with Gasteiger partial charge in [0.2, 0.25) is 10.0 Å². The van der Waals surface area contributed by atoms with Crippen LogP contribution in [-0.4, -0.2) is 26.2 Å². The Morgan fingerprint density at radius 2 is 2.05 bits per heavy atom. The molecule has 0 aliphatic heterocycles. The Morgan fingerprint density at radius 3 is 2.57 bits per heavy atom. The summed E-state index contributed by atoms with van der Waals surface area (Å²) in [6, 6.07) is 3.10. The maximum absolute atomic E-state index is 13.3. The van der Waals surface area contributed by atoms with Crippen molar-refractivity contribution in [3.63, 3.8) is 0 Å². The maximum Gasteiger partial charge on any atom is 0.242 e. The van der Waals surface area contributed by atoms with E-state index < -0.39 is 22.4 Å². The number of nitrogens with one attached hydrogen (secondary N) is 1. The third-order valence-electron chi connectivity index (χ3n) is 3.08. The van der Waals surface area contributed by atoms with Crippen LogP contribution in [0.3, 0.4) is 0 Å². The Kier molecular flexibility index (Phi) is 6.34. The number of hydrogen-bond donors (Lipinski definition) is 2. The number of sulfonamides is 1. The summed E-state index contributed by atoms with van der Waals surface area (Å²) in [5, 5.41) is 8.71. The SMILES string of the molecule is CCC(NS(=O)(=O)c1ccc(F)cc1C#CCO)C(C)C. The normalized spacial score (nSPS) is 12.9. The van der Waals surface area contributed by atoms with E-state index >= 15 is 0 Å². The van der Waals surface area contributed by atoms with Crippen molar-refractivity contribution in [3.8, 4) is 11.8 Å². The van der Waals surface area contributed by atoms with Gasteiger partial charge in [-0.1, -0.05) is 32.6 Å². The average molecular weight is 313 g/mol. The van der Waals surface area contributed by atoms with E-state index in [0.717, 1.165) is 12.1 Å². The third kappa shape index (κ3) is 4.81. The van der Waals surface area contributed by atoms with Gasteiger partial charge in [-0.15, -0.1) is 0 Å². The van der Waals surface area contributed by atoms with Crippen molar-refractivity contribution >= 4 is 10.0 Å². The molecule has 0 aliphatic carbocycles. The summed E-state index contributed by atoms with van der Waals surface area (Å²) in [6.07, 6.45) is 0.649. The van der Waals surface area contributed by atoms with Gasteiger partial charge in [0.1, 0.15) is 12.4 Å². The number of aliphatic hydroxyl groups excluding tert-OH is 1. The van der Waals surface area contributed by atoms with Crippen LogP contribution in [0.25, 0.3) is 0 Å². The molecule has 0 amide bonds. The molecule has 116 valence electrons. The van der Waals surface area contributed by atoms with E-state index in [2.05, 4.69) is 16.6 Å². The van der Waals surface area contributed by atoms with Gasteiger partial charge in [-0.2, -0.15) is 0 Å². The second kappa shape index (κ2) is 7.55. The molecular weight excluding hydrogens is 293 g/mol. The summed E-state index contributed by atoms with van der Waals surface area (Å²) in [6.45, 7) is 5.32. The molecule has 6 heteroatoms. The van der Waals surface area contributed by atoms with E-state index in [1.54, 1.807) is 0 Å². The molecule has 0 bridgehead atoms. The predicted octanol–water partition coefficient (Wildman–Crippen LogP) is 1.88.